The second kappa shape index (κ2) is 6.79. The zero-order chi connectivity index (χ0) is 19.1. The maximum Gasteiger partial charge on any atom is 0.259 e. The first-order valence-electron chi connectivity index (χ1n) is 9.64. The number of aromatic amines is 1. The largest absolute Gasteiger partial charge is 0.338 e. The third-order valence-electron chi connectivity index (χ3n) is 5.53. The lowest BCUT2D eigenvalue weighted by atomic mass is 9.91. The van der Waals surface area contributed by atoms with Crippen LogP contribution in [-0.2, 0) is 6.42 Å². The monoisotopic (exact) mass is 366 g/mol. The molecule has 0 aliphatic carbocycles. The third-order valence-corrected chi connectivity index (χ3v) is 5.53. The molecule has 0 saturated carbocycles. The van der Waals surface area contributed by atoms with Gasteiger partial charge in [0, 0.05) is 36.1 Å². The van der Waals surface area contributed by atoms with Crippen LogP contribution in [0.5, 0.6) is 0 Å². The number of aromatic nitrogens is 5. The van der Waals surface area contributed by atoms with E-state index in [1.807, 2.05) is 37.9 Å². The first-order chi connectivity index (χ1) is 13.0. The Hall–Kier alpha value is -2.70. The number of hydrogen-bond donors (Lipinski definition) is 1. The van der Waals surface area contributed by atoms with Crippen LogP contribution in [0.1, 0.15) is 64.4 Å². The van der Waals surface area contributed by atoms with Crippen molar-refractivity contribution in [3.05, 3.63) is 46.2 Å². The minimum atomic E-state index is 0.0299. The normalized spacial score (nSPS) is 17.6. The summed E-state index contributed by atoms with van der Waals surface area (Å²) in [6.45, 7) is 9.44. The van der Waals surface area contributed by atoms with Gasteiger partial charge in [0.2, 0.25) is 0 Å². The molecule has 3 aromatic rings. The summed E-state index contributed by atoms with van der Waals surface area (Å²) in [6.07, 6.45) is 4.92. The van der Waals surface area contributed by atoms with E-state index in [0.29, 0.717) is 23.7 Å². The van der Waals surface area contributed by atoms with Crippen molar-refractivity contribution in [2.75, 3.05) is 13.1 Å². The van der Waals surface area contributed by atoms with Crippen LogP contribution >= 0.6 is 0 Å². The molecule has 0 bridgehead atoms. The molecule has 4 heterocycles. The van der Waals surface area contributed by atoms with Gasteiger partial charge in [-0.15, -0.1) is 0 Å². The molecule has 1 saturated heterocycles. The van der Waals surface area contributed by atoms with Crippen molar-refractivity contribution < 1.29 is 4.79 Å². The smallest absolute Gasteiger partial charge is 0.259 e. The minimum absolute atomic E-state index is 0.0299. The summed E-state index contributed by atoms with van der Waals surface area (Å²) < 4.78 is 1.78. The lowest BCUT2D eigenvalue weighted by Gasteiger charge is -2.32. The van der Waals surface area contributed by atoms with Crippen molar-refractivity contribution in [1.82, 2.24) is 29.7 Å². The Bertz CT molecular complexity index is 1000. The molecule has 0 spiro atoms. The van der Waals surface area contributed by atoms with Crippen LogP contribution in [0.4, 0.5) is 0 Å². The number of fused-ring (bicyclic) bond motifs is 1. The van der Waals surface area contributed by atoms with Crippen LogP contribution in [0.2, 0.25) is 0 Å². The molecule has 3 aromatic heterocycles. The molecule has 1 fully saturated rings. The highest BCUT2D eigenvalue weighted by Gasteiger charge is 2.30. The quantitative estimate of drug-likeness (QED) is 0.773. The number of piperidine rings is 1. The predicted molar refractivity (Wildman–Crippen MR) is 103 cm³/mol. The van der Waals surface area contributed by atoms with Crippen molar-refractivity contribution in [2.45, 2.75) is 52.9 Å². The maximum atomic E-state index is 13.4. The molecule has 27 heavy (non-hydrogen) atoms. The van der Waals surface area contributed by atoms with Crippen LogP contribution in [0, 0.1) is 20.8 Å². The Morgan fingerprint density at radius 2 is 2.15 bits per heavy atom. The van der Waals surface area contributed by atoms with E-state index < -0.39 is 0 Å². The zero-order valence-corrected chi connectivity index (χ0v) is 16.4. The number of hydrogen-bond acceptors (Lipinski definition) is 4. The number of rotatable bonds is 3. The lowest BCUT2D eigenvalue weighted by Crippen LogP contribution is -2.39. The van der Waals surface area contributed by atoms with E-state index in [0.717, 1.165) is 42.9 Å². The minimum Gasteiger partial charge on any atom is -0.338 e. The highest BCUT2D eigenvalue weighted by Crippen LogP contribution is 2.29. The lowest BCUT2D eigenvalue weighted by molar-refractivity contribution is 0.0706. The number of aryl methyl sites for hydroxylation is 4. The Labute approximate surface area is 158 Å². The van der Waals surface area contributed by atoms with Gasteiger partial charge in [0.1, 0.15) is 5.56 Å². The topological polar surface area (TPSA) is 79.2 Å². The van der Waals surface area contributed by atoms with Crippen LogP contribution < -0.4 is 0 Å². The summed E-state index contributed by atoms with van der Waals surface area (Å²) >= 11 is 0. The van der Waals surface area contributed by atoms with E-state index in [2.05, 4.69) is 27.2 Å². The summed E-state index contributed by atoms with van der Waals surface area (Å²) in [5.41, 5.74) is 6.33. The summed E-state index contributed by atoms with van der Waals surface area (Å²) in [4.78, 5) is 20.0. The highest BCUT2D eigenvalue weighted by atomic mass is 16.2. The molecule has 7 heteroatoms. The van der Waals surface area contributed by atoms with Crippen LogP contribution in [0.15, 0.2) is 12.3 Å². The van der Waals surface area contributed by atoms with Crippen LogP contribution in [0.3, 0.4) is 0 Å². The van der Waals surface area contributed by atoms with Crippen molar-refractivity contribution in [3.8, 4) is 0 Å². The van der Waals surface area contributed by atoms with Crippen molar-refractivity contribution in [2.24, 2.45) is 0 Å². The Morgan fingerprint density at radius 1 is 1.33 bits per heavy atom. The van der Waals surface area contributed by atoms with Crippen molar-refractivity contribution in [1.29, 1.82) is 0 Å². The van der Waals surface area contributed by atoms with Gasteiger partial charge in [-0.1, -0.05) is 6.92 Å². The zero-order valence-electron chi connectivity index (χ0n) is 16.4. The molecular formula is C20H26N6O. The first-order valence-corrected chi connectivity index (χ1v) is 9.64. The molecule has 1 amide bonds. The van der Waals surface area contributed by atoms with Gasteiger partial charge >= 0.3 is 0 Å². The molecule has 4 rings (SSSR count). The Kier molecular flexibility index (Phi) is 4.45. The maximum absolute atomic E-state index is 13.4. The van der Waals surface area contributed by atoms with Gasteiger partial charge < -0.3 is 4.90 Å². The third kappa shape index (κ3) is 3.01. The van der Waals surface area contributed by atoms with Gasteiger partial charge in [0.05, 0.1) is 11.9 Å². The summed E-state index contributed by atoms with van der Waals surface area (Å²) in [7, 11) is 0. The molecule has 1 N–H and O–H groups in total. The van der Waals surface area contributed by atoms with Crippen molar-refractivity contribution in [3.63, 3.8) is 0 Å². The predicted octanol–water partition coefficient (Wildman–Crippen LogP) is 2.96. The number of H-pyrrole nitrogens is 1. The number of likely N-dealkylation sites (tertiary alicyclic amines) is 1. The van der Waals surface area contributed by atoms with Crippen molar-refractivity contribution >= 4 is 11.6 Å². The average molecular weight is 366 g/mol. The molecule has 142 valence electrons. The fourth-order valence-corrected chi connectivity index (χ4v) is 4.19. The van der Waals surface area contributed by atoms with Crippen LogP contribution in [0.25, 0.3) is 5.65 Å². The second-order valence-corrected chi connectivity index (χ2v) is 7.49. The second-order valence-electron chi connectivity index (χ2n) is 7.49. The van der Waals surface area contributed by atoms with E-state index in [9.17, 15) is 4.79 Å². The highest BCUT2D eigenvalue weighted by molar-refractivity contribution is 6.01. The number of nitrogens with zero attached hydrogens (tertiary/aromatic N) is 5. The Morgan fingerprint density at radius 3 is 2.93 bits per heavy atom. The standard InChI is InChI=1S/C20H26N6O/c1-5-15-10-21-23-18(15)16-7-6-8-25(11-16)20(27)17-14(4)24-26-13(3)9-12(2)22-19(17)26/h9-10,16H,5-8,11H2,1-4H3,(H,21,23)/t16-/m0/s1. The molecule has 0 aromatic carbocycles. The number of nitrogens with one attached hydrogen (secondary N) is 1. The number of amides is 1. The molecule has 7 nitrogen and oxygen atoms in total. The average Bonchev–Trinajstić information content (AvgIpc) is 3.25. The van der Waals surface area contributed by atoms with E-state index in [4.69, 9.17) is 0 Å². The molecule has 1 atom stereocenters. The van der Waals surface area contributed by atoms with Gasteiger partial charge in [0.25, 0.3) is 5.91 Å². The summed E-state index contributed by atoms with van der Waals surface area (Å²) in [6, 6.07) is 1.98. The SMILES string of the molecule is CCc1cn[nH]c1[C@H]1CCCN(C(=O)c2c(C)nn3c(C)cc(C)nc23)C1. The van der Waals surface area contributed by atoms with Gasteiger partial charge in [-0.25, -0.2) is 9.50 Å². The molecular weight excluding hydrogens is 340 g/mol. The van der Waals surface area contributed by atoms with E-state index in [-0.39, 0.29) is 5.91 Å². The summed E-state index contributed by atoms with van der Waals surface area (Å²) in [5.74, 6) is 0.334. The van der Waals surface area contributed by atoms with Gasteiger partial charge in [-0.05, 0) is 51.7 Å². The van der Waals surface area contributed by atoms with Gasteiger partial charge in [-0.2, -0.15) is 10.2 Å². The van der Waals surface area contributed by atoms with E-state index >= 15 is 0 Å². The van der Waals surface area contributed by atoms with E-state index in [1.54, 1.807) is 4.52 Å². The number of carbonyl (C=O) groups excluding carboxylic acids is 1. The molecule has 0 unspecified atom stereocenters. The first kappa shape index (κ1) is 17.7. The molecule has 1 aliphatic heterocycles. The molecule has 1 aliphatic rings. The number of carbonyl (C=O) groups is 1. The molecule has 0 radical (unpaired) electrons. The van der Waals surface area contributed by atoms with E-state index in [1.165, 1.54) is 11.3 Å². The van der Waals surface area contributed by atoms with Crippen LogP contribution in [-0.4, -0.2) is 48.7 Å². The van der Waals surface area contributed by atoms with Gasteiger partial charge in [-0.3, -0.25) is 9.89 Å². The van der Waals surface area contributed by atoms with Gasteiger partial charge in [0.15, 0.2) is 5.65 Å². The Balaban J connectivity index is 1.67. The fourth-order valence-electron chi connectivity index (χ4n) is 4.19. The fraction of sp³-hybridized carbons (Fsp3) is 0.500. The summed E-state index contributed by atoms with van der Waals surface area (Å²) in [5, 5.41) is 11.9.